The molecule has 1 aliphatic heterocycles. The molecule has 2 nitrogen and oxygen atoms in total. The highest BCUT2D eigenvalue weighted by molar-refractivity contribution is 4.93. The van der Waals surface area contributed by atoms with Crippen molar-refractivity contribution < 1.29 is 0 Å². The van der Waals surface area contributed by atoms with Gasteiger partial charge < -0.3 is 10.6 Å². The Kier molecular flexibility index (Phi) is 0.869. The second-order valence-electron chi connectivity index (χ2n) is 2.83. The monoisotopic (exact) mass is 100 g/mol. The second kappa shape index (κ2) is 1.20. The Hall–Kier alpha value is -0.0800. The van der Waals surface area contributed by atoms with Gasteiger partial charge in [0.25, 0.3) is 0 Å². The molecule has 0 spiro atoms. The largest absolute Gasteiger partial charge is 0.323 e. The summed E-state index contributed by atoms with van der Waals surface area (Å²) in [6, 6.07) is 0. The highest BCUT2D eigenvalue weighted by Gasteiger charge is 2.31. The smallest absolute Gasteiger partial charge is 0.0383 e. The molecule has 1 saturated heterocycles. The number of rotatable bonds is 0. The molecule has 0 aromatic carbocycles. The summed E-state index contributed by atoms with van der Waals surface area (Å²) in [5.41, 5.74) is 5.79. The maximum Gasteiger partial charge on any atom is 0.0383 e. The Morgan fingerprint density at radius 3 is 2.00 bits per heavy atom. The molecule has 2 N–H and O–H groups in total. The van der Waals surface area contributed by atoms with Gasteiger partial charge in [-0.2, -0.15) is 0 Å². The first-order valence-corrected chi connectivity index (χ1v) is 2.58. The van der Waals surface area contributed by atoms with Crippen LogP contribution in [-0.2, 0) is 0 Å². The first kappa shape index (κ1) is 5.06. The van der Waals surface area contributed by atoms with Crippen LogP contribution in [0.4, 0.5) is 0 Å². The van der Waals surface area contributed by atoms with Gasteiger partial charge in [-0.1, -0.05) is 0 Å². The van der Waals surface area contributed by atoms with Crippen LogP contribution in [0.3, 0.4) is 0 Å². The van der Waals surface area contributed by atoms with Gasteiger partial charge in [0.05, 0.1) is 0 Å². The van der Waals surface area contributed by atoms with Gasteiger partial charge in [0, 0.05) is 18.6 Å². The van der Waals surface area contributed by atoms with Crippen molar-refractivity contribution in [2.75, 3.05) is 20.1 Å². The molecule has 0 unspecified atom stereocenters. The minimum Gasteiger partial charge on any atom is -0.323 e. The molecule has 42 valence electrons. The molecule has 0 aromatic heterocycles. The van der Waals surface area contributed by atoms with Crippen molar-refractivity contribution in [3.05, 3.63) is 0 Å². The number of likely N-dealkylation sites (N-methyl/N-ethyl adjacent to an activating group) is 1. The molecule has 1 fully saturated rings. The van der Waals surface area contributed by atoms with E-state index < -0.39 is 0 Å². The zero-order chi connectivity index (χ0) is 5.49. The summed E-state index contributed by atoms with van der Waals surface area (Å²) in [7, 11) is 2.08. The van der Waals surface area contributed by atoms with E-state index in [1.54, 1.807) is 0 Å². The highest BCUT2D eigenvalue weighted by Crippen LogP contribution is 2.12. The Morgan fingerprint density at radius 1 is 1.57 bits per heavy atom. The SMILES string of the molecule is CN1CC(C)(N)C1. The van der Waals surface area contributed by atoms with Crippen LogP contribution in [-0.4, -0.2) is 30.6 Å². The summed E-state index contributed by atoms with van der Waals surface area (Å²) in [6.07, 6.45) is 0. The lowest BCUT2D eigenvalue weighted by Crippen LogP contribution is -2.63. The fourth-order valence-electron chi connectivity index (χ4n) is 1.19. The van der Waals surface area contributed by atoms with Gasteiger partial charge in [-0.3, -0.25) is 0 Å². The summed E-state index contributed by atoms with van der Waals surface area (Å²) in [5, 5.41) is 0. The van der Waals surface area contributed by atoms with E-state index in [9.17, 15) is 0 Å². The first-order valence-electron chi connectivity index (χ1n) is 2.58. The number of nitrogens with two attached hydrogens (primary N) is 1. The normalized spacial score (nSPS) is 29.6. The van der Waals surface area contributed by atoms with Crippen molar-refractivity contribution in [1.82, 2.24) is 4.90 Å². The molecular weight excluding hydrogens is 88.1 g/mol. The molecule has 0 saturated carbocycles. The van der Waals surface area contributed by atoms with E-state index in [2.05, 4.69) is 18.9 Å². The Balaban J connectivity index is 2.29. The summed E-state index contributed by atoms with van der Waals surface area (Å²) >= 11 is 0. The van der Waals surface area contributed by atoms with Gasteiger partial charge in [-0.15, -0.1) is 0 Å². The number of likely N-dealkylation sites (tertiary alicyclic amines) is 1. The standard InChI is InChI=1S/C5H12N2/c1-5(6)3-7(2)4-5/h3-4,6H2,1-2H3. The van der Waals surface area contributed by atoms with E-state index in [0.717, 1.165) is 13.1 Å². The first-order chi connectivity index (χ1) is 3.10. The quantitative estimate of drug-likeness (QED) is 0.451. The summed E-state index contributed by atoms with van der Waals surface area (Å²) in [5.74, 6) is 0. The summed E-state index contributed by atoms with van der Waals surface area (Å²) in [4.78, 5) is 2.21. The van der Waals surface area contributed by atoms with Crippen molar-refractivity contribution in [2.24, 2.45) is 5.73 Å². The zero-order valence-corrected chi connectivity index (χ0v) is 4.94. The molecule has 0 amide bonds. The lowest BCUT2D eigenvalue weighted by molar-refractivity contribution is 0.115. The molecule has 7 heavy (non-hydrogen) atoms. The fraction of sp³-hybridized carbons (Fsp3) is 1.00. The van der Waals surface area contributed by atoms with Gasteiger partial charge >= 0.3 is 0 Å². The van der Waals surface area contributed by atoms with Crippen LogP contribution in [0.1, 0.15) is 6.92 Å². The van der Waals surface area contributed by atoms with Crippen molar-refractivity contribution in [3.63, 3.8) is 0 Å². The van der Waals surface area contributed by atoms with Gasteiger partial charge in [0.1, 0.15) is 0 Å². The maximum atomic E-state index is 5.67. The van der Waals surface area contributed by atoms with Crippen molar-refractivity contribution in [3.8, 4) is 0 Å². The van der Waals surface area contributed by atoms with E-state index in [1.165, 1.54) is 0 Å². The van der Waals surface area contributed by atoms with Crippen LogP contribution < -0.4 is 5.73 Å². The third-order valence-electron chi connectivity index (χ3n) is 1.26. The predicted molar refractivity (Wildman–Crippen MR) is 30.1 cm³/mol. The average molecular weight is 100 g/mol. The molecule has 1 rings (SSSR count). The van der Waals surface area contributed by atoms with Crippen LogP contribution in [0, 0.1) is 0 Å². The maximum absolute atomic E-state index is 5.67. The molecule has 0 radical (unpaired) electrons. The van der Waals surface area contributed by atoms with Crippen molar-refractivity contribution in [2.45, 2.75) is 12.5 Å². The van der Waals surface area contributed by atoms with E-state index in [1.807, 2.05) is 0 Å². The zero-order valence-electron chi connectivity index (χ0n) is 4.94. The van der Waals surface area contributed by atoms with Gasteiger partial charge in [0.15, 0.2) is 0 Å². The van der Waals surface area contributed by atoms with Crippen LogP contribution in [0.2, 0.25) is 0 Å². The van der Waals surface area contributed by atoms with E-state index in [4.69, 9.17) is 5.73 Å². The average Bonchev–Trinajstić information content (AvgIpc) is 1.27. The van der Waals surface area contributed by atoms with Gasteiger partial charge in [0.2, 0.25) is 0 Å². The topological polar surface area (TPSA) is 29.3 Å². The van der Waals surface area contributed by atoms with Crippen LogP contribution in [0.5, 0.6) is 0 Å². The Morgan fingerprint density at radius 2 is 2.00 bits per heavy atom. The molecular formula is C5H12N2. The molecule has 0 aromatic rings. The highest BCUT2D eigenvalue weighted by atomic mass is 15.2. The van der Waals surface area contributed by atoms with Crippen molar-refractivity contribution >= 4 is 0 Å². The van der Waals surface area contributed by atoms with Crippen LogP contribution in [0.15, 0.2) is 0 Å². The third-order valence-corrected chi connectivity index (χ3v) is 1.26. The van der Waals surface area contributed by atoms with Crippen molar-refractivity contribution in [1.29, 1.82) is 0 Å². The summed E-state index contributed by atoms with van der Waals surface area (Å²) in [6.45, 7) is 4.17. The predicted octanol–water partition coefficient (Wildman–Crippen LogP) is -0.351. The molecule has 0 bridgehead atoms. The van der Waals surface area contributed by atoms with E-state index in [0.29, 0.717) is 0 Å². The molecule has 1 aliphatic rings. The van der Waals surface area contributed by atoms with E-state index >= 15 is 0 Å². The molecule has 0 aliphatic carbocycles. The number of nitrogens with zero attached hydrogens (tertiary/aromatic N) is 1. The minimum absolute atomic E-state index is 0.120. The third kappa shape index (κ3) is 0.924. The number of hydrogen-bond donors (Lipinski definition) is 1. The van der Waals surface area contributed by atoms with Crippen LogP contribution >= 0.6 is 0 Å². The second-order valence-corrected chi connectivity index (χ2v) is 2.83. The lowest BCUT2D eigenvalue weighted by Gasteiger charge is -2.43. The lowest BCUT2D eigenvalue weighted by atomic mass is 9.95. The molecule has 2 heteroatoms. The number of hydrogen-bond acceptors (Lipinski definition) is 2. The Labute approximate surface area is 44.3 Å². The molecule has 1 heterocycles. The minimum atomic E-state index is 0.120. The summed E-state index contributed by atoms with van der Waals surface area (Å²) < 4.78 is 0. The Bertz CT molecular complexity index is 70.1. The van der Waals surface area contributed by atoms with E-state index in [-0.39, 0.29) is 5.54 Å². The fourth-order valence-corrected chi connectivity index (χ4v) is 1.19. The molecule has 0 atom stereocenters. The van der Waals surface area contributed by atoms with Crippen LogP contribution in [0.25, 0.3) is 0 Å². The van der Waals surface area contributed by atoms with Gasteiger partial charge in [-0.25, -0.2) is 0 Å². The van der Waals surface area contributed by atoms with Gasteiger partial charge in [-0.05, 0) is 14.0 Å².